The third kappa shape index (κ3) is 3.91. The molecular weight excluding hydrogens is 244 g/mol. The maximum Gasteiger partial charge on any atom is 0.328 e. The SMILES string of the molecule is CC(NC(=O)c1cncc(C=CC(=O)O)c1)C1CC1. The number of aromatic nitrogens is 1. The first-order chi connectivity index (χ1) is 9.06. The van der Waals surface area contributed by atoms with Crippen LogP contribution in [0, 0.1) is 5.92 Å². The van der Waals surface area contributed by atoms with E-state index in [1.54, 1.807) is 6.07 Å². The summed E-state index contributed by atoms with van der Waals surface area (Å²) in [5, 5.41) is 11.5. The highest BCUT2D eigenvalue weighted by atomic mass is 16.4. The molecular formula is C14H16N2O3. The Morgan fingerprint density at radius 1 is 1.47 bits per heavy atom. The van der Waals surface area contributed by atoms with Gasteiger partial charge < -0.3 is 10.4 Å². The van der Waals surface area contributed by atoms with Crippen LogP contribution in [0.3, 0.4) is 0 Å². The molecule has 0 radical (unpaired) electrons. The van der Waals surface area contributed by atoms with Gasteiger partial charge in [-0.1, -0.05) is 0 Å². The minimum atomic E-state index is -1.03. The third-order valence-electron chi connectivity index (χ3n) is 3.13. The zero-order valence-electron chi connectivity index (χ0n) is 10.7. The van der Waals surface area contributed by atoms with Gasteiger partial charge in [-0.2, -0.15) is 0 Å². The van der Waals surface area contributed by atoms with Crippen LogP contribution in [0.15, 0.2) is 24.5 Å². The van der Waals surface area contributed by atoms with Crippen LogP contribution in [0.25, 0.3) is 6.08 Å². The van der Waals surface area contributed by atoms with Gasteiger partial charge in [-0.25, -0.2) is 4.79 Å². The summed E-state index contributed by atoms with van der Waals surface area (Å²) in [4.78, 5) is 26.4. The summed E-state index contributed by atoms with van der Waals surface area (Å²) in [6.45, 7) is 2.00. The molecule has 1 fully saturated rings. The van der Waals surface area contributed by atoms with Crippen molar-refractivity contribution in [3.8, 4) is 0 Å². The standard InChI is InChI=1S/C14H16N2O3/c1-9(11-3-4-11)16-14(19)12-6-10(7-15-8-12)2-5-13(17)18/h2,5-9,11H,3-4H2,1H3,(H,16,19)(H,17,18). The van der Waals surface area contributed by atoms with E-state index in [1.807, 2.05) is 6.92 Å². The Labute approximate surface area is 111 Å². The molecule has 1 atom stereocenters. The van der Waals surface area contributed by atoms with Gasteiger partial charge in [-0.3, -0.25) is 9.78 Å². The third-order valence-corrected chi connectivity index (χ3v) is 3.13. The van der Waals surface area contributed by atoms with Crippen LogP contribution in [-0.2, 0) is 4.79 Å². The number of carboxylic acids is 1. The van der Waals surface area contributed by atoms with Crippen LogP contribution < -0.4 is 5.32 Å². The fourth-order valence-corrected chi connectivity index (χ4v) is 1.84. The van der Waals surface area contributed by atoms with Crippen molar-refractivity contribution in [3.05, 3.63) is 35.7 Å². The minimum absolute atomic E-state index is 0.169. The van der Waals surface area contributed by atoms with E-state index in [1.165, 1.54) is 31.3 Å². The highest BCUT2D eigenvalue weighted by Gasteiger charge is 2.29. The number of carboxylic acid groups (broad SMARTS) is 1. The van der Waals surface area contributed by atoms with Gasteiger partial charge in [0.25, 0.3) is 5.91 Å². The van der Waals surface area contributed by atoms with Crippen LogP contribution in [-0.4, -0.2) is 28.0 Å². The van der Waals surface area contributed by atoms with Gasteiger partial charge in [-0.05, 0) is 43.4 Å². The summed E-state index contributed by atoms with van der Waals surface area (Å²) in [5.74, 6) is -0.610. The molecule has 1 aliphatic rings. The molecule has 5 nitrogen and oxygen atoms in total. The number of aliphatic carboxylic acids is 1. The zero-order chi connectivity index (χ0) is 13.8. The predicted molar refractivity (Wildman–Crippen MR) is 70.6 cm³/mol. The van der Waals surface area contributed by atoms with E-state index in [0.29, 0.717) is 17.0 Å². The number of pyridine rings is 1. The molecule has 1 amide bonds. The lowest BCUT2D eigenvalue weighted by atomic mass is 10.1. The molecule has 0 aromatic carbocycles. The van der Waals surface area contributed by atoms with Crippen molar-refractivity contribution < 1.29 is 14.7 Å². The van der Waals surface area contributed by atoms with Gasteiger partial charge >= 0.3 is 5.97 Å². The lowest BCUT2D eigenvalue weighted by Crippen LogP contribution is -2.34. The molecule has 5 heteroatoms. The van der Waals surface area contributed by atoms with Crippen LogP contribution in [0.5, 0.6) is 0 Å². The first-order valence-corrected chi connectivity index (χ1v) is 6.23. The number of hydrogen-bond acceptors (Lipinski definition) is 3. The highest BCUT2D eigenvalue weighted by molar-refractivity contribution is 5.95. The van der Waals surface area contributed by atoms with Crippen molar-refractivity contribution in [2.75, 3.05) is 0 Å². The van der Waals surface area contributed by atoms with Crippen molar-refractivity contribution >= 4 is 18.0 Å². The van der Waals surface area contributed by atoms with E-state index in [9.17, 15) is 9.59 Å². The van der Waals surface area contributed by atoms with Crippen molar-refractivity contribution in [2.45, 2.75) is 25.8 Å². The lowest BCUT2D eigenvalue weighted by molar-refractivity contribution is -0.131. The summed E-state index contributed by atoms with van der Waals surface area (Å²) in [6, 6.07) is 1.80. The molecule has 1 aromatic heterocycles. The Hall–Kier alpha value is -2.17. The quantitative estimate of drug-likeness (QED) is 0.790. The molecule has 0 saturated heterocycles. The average Bonchev–Trinajstić information content (AvgIpc) is 3.21. The molecule has 0 spiro atoms. The number of nitrogens with one attached hydrogen (secondary N) is 1. The second-order valence-electron chi connectivity index (χ2n) is 4.78. The molecule has 2 rings (SSSR count). The monoisotopic (exact) mass is 260 g/mol. The second-order valence-corrected chi connectivity index (χ2v) is 4.78. The van der Waals surface area contributed by atoms with Crippen molar-refractivity contribution in [1.82, 2.24) is 10.3 Å². The van der Waals surface area contributed by atoms with E-state index >= 15 is 0 Å². The zero-order valence-corrected chi connectivity index (χ0v) is 10.7. The van der Waals surface area contributed by atoms with Crippen LogP contribution in [0.4, 0.5) is 0 Å². The summed E-state index contributed by atoms with van der Waals surface area (Å²) in [6.07, 6.45) is 7.76. The van der Waals surface area contributed by atoms with Crippen LogP contribution in [0.2, 0.25) is 0 Å². The van der Waals surface area contributed by atoms with Gasteiger partial charge in [0.1, 0.15) is 0 Å². The predicted octanol–water partition coefficient (Wildman–Crippen LogP) is 1.71. The van der Waals surface area contributed by atoms with Gasteiger partial charge in [0.05, 0.1) is 5.56 Å². The molecule has 1 saturated carbocycles. The maximum absolute atomic E-state index is 12.0. The number of carbonyl (C=O) groups excluding carboxylic acids is 1. The summed E-state index contributed by atoms with van der Waals surface area (Å²) in [5.41, 5.74) is 1.04. The molecule has 1 heterocycles. The summed E-state index contributed by atoms with van der Waals surface area (Å²) >= 11 is 0. The number of carbonyl (C=O) groups is 2. The Morgan fingerprint density at radius 3 is 2.84 bits per heavy atom. The summed E-state index contributed by atoms with van der Waals surface area (Å²) < 4.78 is 0. The Balaban J connectivity index is 2.04. The van der Waals surface area contributed by atoms with Crippen molar-refractivity contribution in [1.29, 1.82) is 0 Å². The van der Waals surface area contributed by atoms with E-state index in [0.717, 1.165) is 6.08 Å². The first kappa shape index (κ1) is 13.3. The number of amides is 1. The molecule has 100 valence electrons. The van der Waals surface area contributed by atoms with E-state index in [2.05, 4.69) is 10.3 Å². The molecule has 0 aliphatic heterocycles. The van der Waals surface area contributed by atoms with Crippen molar-refractivity contribution in [2.24, 2.45) is 5.92 Å². The number of rotatable bonds is 5. The maximum atomic E-state index is 12.0. The normalized spacial score (nSPS) is 16.3. The van der Waals surface area contributed by atoms with Crippen LogP contribution in [0.1, 0.15) is 35.7 Å². The van der Waals surface area contributed by atoms with Gasteiger partial charge in [0.15, 0.2) is 0 Å². The molecule has 2 N–H and O–H groups in total. The Morgan fingerprint density at radius 2 is 2.21 bits per heavy atom. The second kappa shape index (κ2) is 5.65. The van der Waals surface area contributed by atoms with Crippen molar-refractivity contribution in [3.63, 3.8) is 0 Å². The largest absolute Gasteiger partial charge is 0.478 e. The topological polar surface area (TPSA) is 79.3 Å². The highest BCUT2D eigenvalue weighted by Crippen LogP contribution is 2.32. The van der Waals surface area contributed by atoms with Gasteiger partial charge in [-0.15, -0.1) is 0 Å². The van der Waals surface area contributed by atoms with E-state index < -0.39 is 5.97 Å². The lowest BCUT2D eigenvalue weighted by Gasteiger charge is -2.12. The molecule has 0 bridgehead atoms. The average molecular weight is 260 g/mol. The number of hydrogen-bond donors (Lipinski definition) is 2. The number of nitrogens with zero attached hydrogens (tertiary/aromatic N) is 1. The van der Waals surface area contributed by atoms with Gasteiger partial charge in [0, 0.05) is 24.5 Å². The van der Waals surface area contributed by atoms with E-state index in [4.69, 9.17) is 5.11 Å². The first-order valence-electron chi connectivity index (χ1n) is 6.23. The van der Waals surface area contributed by atoms with Gasteiger partial charge in [0.2, 0.25) is 0 Å². The van der Waals surface area contributed by atoms with Crippen LogP contribution >= 0.6 is 0 Å². The Bertz CT molecular complexity index is 521. The summed E-state index contributed by atoms with van der Waals surface area (Å²) in [7, 11) is 0. The molecule has 1 unspecified atom stereocenters. The van der Waals surface area contributed by atoms with E-state index in [-0.39, 0.29) is 11.9 Å². The molecule has 1 aliphatic carbocycles. The minimum Gasteiger partial charge on any atom is -0.478 e. The fourth-order valence-electron chi connectivity index (χ4n) is 1.84. The fraction of sp³-hybridized carbons (Fsp3) is 0.357. The molecule has 1 aromatic rings. The smallest absolute Gasteiger partial charge is 0.328 e. The molecule has 19 heavy (non-hydrogen) atoms. The Kier molecular flexibility index (Phi) is 3.94.